The normalized spacial score (nSPS) is 14.3. The third-order valence-electron chi connectivity index (χ3n) is 3.19. The molecule has 6 nitrogen and oxygen atoms in total. The first-order chi connectivity index (χ1) is 10.5. The number of carbonyl (C=O) groups excluding carboxylic acids is 2. The summed E-state index contributed by atoms with van der Waals surface area (Å²) in [5.74, 6) is -1.42. The molecule has 0 fully saturated rings. The highest BCUT2D eigenvalue weighted by Gasteiger charge is 2.28. The Bertz CT molecular complexity index is 539. The molecule has 1 N–H and O–H groups in total. The van der Waals surface area contributed by atoms with Crippen LogP contribution >= 0.6 is 0 Å². The van der Waals surface area contributed by atoms with E-state index in [1.54, 1.807) is 31.2 Å². The van der Waals surface area contributed by atoms with Crippen molar-refractivity contribution in [2.45, 2.75) is 25.5 Å². The van der Waals surface area contributed by atoms with Gasteiger partial charge < -0.3 is 14.8 Å². The SMILES string of the molecule is COC(=O)[C@H](C[C@@H](C)C#N)NC(=O)[C@@H](OC)c1ccccc1. The van der Waals surface area contributed by atoms with Crippen LogP contribution in [0, 0.1) is 17.2 Å². The van der Waals surface area contributed by atoms with Crippen LogP contribution in [0.25, 0.3) is 0 Å². The Morgan fingerprint density at radius 3 is 2.41 bits per heavy atom. The average Bonchev–Trinajstić information content (AvgIpc) is 2.55. The quantitative estimate of drug-likeness (QED) is 0.773. The van der Waals surface area contributed by atoms with E-state index in [1.807, 2.05) is 12.1 Å². The van der Waals surface area contributed by atoms with Crippen LogP contribution in [0.3, 0.4) is 0 Å². The van der Waals surface area contributed by atoms with Crippen molar-refractivity contribution in [2.75, 3.05) is 14.2 Å². The van der Waals surface area contributed by atoms with Crippen molar-refractivity contribution in [2.24, 2.45) is 5.92 Å². The summed E-state index contributed by atoms with van der Waals surface area (Å²) < 4.78 is 9.89. The molecule has 0 heterocycles. The number of amides is 1. The maximum Gasteiger partial charge on any atom is 0.328 e. The molecule has 0 spiro atoms. The second-order valence-corrected chi connectivity index (χ2v) is 4.88. The summed E-state index contributed by atoms with van der Waals surface area (Å²) in [4.78, 5) is 24.1. The zero-order chi connectivity index (χ0) is 16.5. The molecule has 3 atom stereocenters. The lowest BCUT2D eigenvalue weighted by Crippen LogP contribution is -2.44. The largest absolute Gasteiger partial charge is 0.467 e. The number of hydrogen-bond donors (Lipinski definition) is 1. The van der Waals surface area contributed by atoms with Gasteiger partial charge in [-0.2, -0.15) is 5.26 Å². The molecule has 0 aliphatic rings. The predicted molar refractivity (Wildman–Crippen MR) is 79.5 cm³/mol. The predicted octanol–water partition coefficient (Wildman–Crippen LogP) is 1.58. The van der Waals surface area contributed by atoms with E-state index in [0.29, 0.717) is 5.56 Å². The van der Waals surface area contributed by atoms with E-state index in [0.717, 1.165) is 0 Å². The van der Waals surface area contributed by atoms with Gasteiger partial charge in [-0.25, -0.2) is 4.79 Å². The summed E-state index contributed by atoms with van der Waals surface area (Å²) in [6.45, 7) is 1.67. The Hall–Kier alpha value is -2.39. The smallest absolute Gasteiger partial charge is 0.328 e. The van der Waals surface area contributed by atoms with E-state index in [4.69, 9.17) is 10.00 Å². The maximum atomic E-state index is 12.3. The van der Waals surface area contributed by atoms with Gasteiger partial charge in [0, 0.05) is 13.0 Å². The van der Waals surface area contributed by atoms with Gasteiger partial charge in [-0.05, 0) is 18.9 Å². The van der Waals surface area contributed by atoms with Crippen molar-refractivity contribution in [1.29, 1.82) is 5.26 Å². The molecule has 1 rings (SSSR count). The zero-order valence-electron chi connectivity index (χ0n) is 12.9. The molecule has 118 valence electrons. The van der Waals surface area contributed by atoms with E-state index < -0.39 is 24.0 Å². The Balaban J connectivity index is 2.85. The van der Waals surface area contributed by atoms with Gasteiger partial charge in [0.1, 0.15) is 6.04 Å². The molecule has 0 aliphatic carbocycles. The molecule has 6 heteroatoms. The van der Waals surface area contributed by atoms with E-state index in [1.165, 1.54) is 14.2 Å². The third-order valence-corrected chi connectivity index (χ3v) is 3.19. The highest BCUT2D eigenvalue weighted by Crippen LogP contribution is 2.17. The fraction of sp³-hybridized carbons (Fsp3) is 0.438. The highest BCUT2D eigenvalue weighted by atomic mass is 16.5. The van der Waals surface area contributed by atoms with E-state index >= 15 is 0 Å². The average molecular weight is 304 g/mol. The monoisotopic (exact) mass is 304 g/mol. The summed E-state index contributed by atoms with van der Waals surface area (Å²) in [6, 6.07) is 10.1. The molecule has 0 unspecified atom stereocenters. The number of esters is 1. The fourth-order valence-electron chi connectivity index (χ4n) is 2.03. The molecule has 0 aliphatic heterocycles. The maximum absolute atomic E-state index is 12.3. The van der Waals surface area contributed by atoms with Crippen LogP contribution < -0.4 is 5.32 Å². The van der Waals surface area contributed by atoms with Crippen LogP contribution in [0.2, 0.25) is 0 Å². The van der Waals surface area contributed by atoms with Crippen molar-refractivity contribution in [3.05, 3.63) is 35.9 Å². The summed E-state index contributed by atoms with van der Waals surface area (Å²) in [6.07, 6.45) is -0.647. The number of ether oxygens (including phenoxy) is 2. The molecule has 0 radical (unpaired) electrons. The van der Waals surface area contributed by atoms with Gasteiger partial charge in [0.2, 0.25) is 0 Å². The Morgan fingerprint density at radius 2 is 1.91 bits per heavy atom. The summed E-state index contributed by atoms with van der Waals surface area (Å²) >= 11 is 0. The van der Waals surface area contributed by atoms with Gasteiger partial charge in [-0.15, -0.1) is 0 Å². The molecule has 1 aromatic carbocycles. The molecule has 0 bridgehead atoms. The third kappa shape index (κ3) is 4.86. The number of hydrogen-bond acceptors (Lipinski definition) is 5. The summed E-state index contributed by atoms with van der Waals surface area (Å²) in [5.41, 5.74) is 0.680. The number of methoxy groups -OCH3 is 2. The van der Waals surface area contributed by atoms with Crippen molar-refractivity contribution < 1.29 is 19.1 Å². The number of nitriles is 1. The first kappa shape index (κ1) is 17.7. The lowest BCUT2D eigenvalue weighted by molar-refractivity contribution is -0.147. The van der Waals surface area contributed by atoms with Crippen LogP contribution in [0.5, 0.6) is 0 Å². The van der Waals surface area contributed by atoms with Gasteiger partial charge >= 0.3 is 5.97 Å². The Labute approximate surface area is 130 Å². The van der Waals surface area contributed by atoms with E-state index in [9.17, 15) is 9.59 Å². The van der Waals surface area contributed by atoms with Crippen LogP contribution in [0.4, 0.5) is 0 Å². The highest BCUT2D eigenvalue weighted by molar-refractivity contribution is 5.87. The summed E-state index contributed by atoms with van der Waals surface area (Å²) in [5, 5.41) is 11.5. The second-order valence-electron chi connectivity index (χ2n) is 4.88. The van der Waals surface area contributed by atoms with E-state index in [-0.39, 0.29) is 12.3 Å². The minimum Gasteiger partial charge on any atom is -0.467 e. The summed E-state index contributed by atoms with van der Waals surface area (Å²) in [7, 11) is 2.66. The van der Waals surface area contributed by atoms with Gasteiger partial charge in [-0.3, -0.25) is 4.79 Å². The number of benzene rings is 1. The number of carbonyl (C=O) groups is 2. The molecule has 0 saturated carbocycles. The molecule has 1 aromatic rings. The topological polar surface area (TPSA) is 88.4 Å². The molecule has 0 aromatic heterocycles. The second kappa shape index (κ2) is 8.80. The lowest BCUT2D eigenvalue weighted by Gasteiger charge is -2.21. The van der Waals surface area contributed by atoms with Crippen LogP contribution in [-0.2, 0) is 19.1 Å². The molecule has 1 amide bonds. The number of rotatable bonds is 7. The molecule has 22 heavy (non-hydrogen) atoms. The number of nitrogens with zero attached hydrogens (tertiary/aromatic N) is 1. The Morgan fingerprint density at radius 1 is 1.27 bits per heavy atom. The van der Waals surface area contributed by atoms with Crippen molar-refractivity contribution >= 4 is 11.9 Å². The van der Waals surface area contributed by atoms with Gasteiger partial charge in [-0.1, -0.05) is 30.3 Å². The minimum atomic E-state index is -0.881. The van der Waals surface area contributed by atoms with Crippen LogP contribution in [-0.4, -0.2) is 32.1 Å². The first-order valence-corrected chi connectivity index (χ1v) is 6.89. The van der Waals surface area contributed by atoms with Crippen molar-refractivity contribution in [3.8, 4) is 6.07 Å². The standard InChI is InChI=1S/C16H20N2O4/c1-11(10-17)9-13(16(20)22-3)18-15(19)14(21-2)12-7-5-4-6-8-12/h4-8,11,13-14H,9H2,1-3H3,(H,18,19)/t11-,13+,14+/m1/s1. The van der Waals surface area contributed by atoms with Crippen molar-refractivity contribution in [3.63, 3.8) is 0 Å². The van der Waals surface area contributed by atoms with Gasteiger partial charge in [0.25, 0.3) is 5.91 Å². The minimum absolute atomic E-state index is 0.181. The zero-order valence-corrected chi connectivity index (χ0v) is 12.9. The van der Waals surface area contributed by atoms with Gasteiger partial charge in [0.15, 0.2) is 6.10 Å². The lowest BCUT2D eigenvalue weighted by atomic mass is 10.0. The van der Waals surface area contributed by atoms with Crippen LogP contribution in [0.15, 0.2) is 30.3 Å². The fourth-order valence-corrected chi connectivity index (χ4v) is 2.03. The molecular weight excluding hydrogens is 284 g/mol. The molecular formula is C16H20N2O4. The van der Waals surface area contributed by atoms with Crippen molar-refractivity contribution in [1.82, 2.24) is 5.32 Å². The molecule has 0 saturated heterocycles. The van der Waals surface area contributed by atoms with E-state index in [2.05, 4.69) is 10.1 Å². The van der Waals surface area contributed by atoms with Crippen LogP contribution in [0.1, 0.15) is 25.0 Å². The number of nitrogens with one attached hydrogen (secondary N) is 1. The Kier molecular flexibility index (Phi) is 7.06. The van der Waals surface area contributed by atoms with Gasteiger partial charge in [0.05, 0.1) is 13.2 Å². The first-order valence-electron chi connectivity index (χ1n) is 6.89.